The molecule has 12 fully saturated rings. The first-order valence-corrected chi connectivity index (χ1v) is 51.6. The van der Waals surface area contributed by atoms with Gasteiger partial charge in [0.25, 0.3) is 0 Å². The number of carbonyl (C=O) groups excluding carboxylic acids is 4. The number of halogens is 6. The van der Waals surface area contributed by atoms with Crippen LogP contribution in [0, 0.1) is 51.6 Å². The van der Waals surface area contributed by atoms with Gasteiger partial charge in [0, 0.05) is 89.4 Å². The summed E-state index contributed by atoms with van der Waals surface area (Å²) in [6.07, 6.45) is 19.9. The van der Waals surface area contributed by atoms with Crippen molar-refractivity contribution in [1.29, 1.82) is 4.94 Å². The van der Waals surface area contributed by atoms with Crippen LogP contribution in [0.1, 0.15) is 175 Å². The Hall–Kier alpha value is 2.73. The van der Waals surface area contributed by atoms with Crippen molar-refractivity contribution in [2.24, 2.45) is 47.2 Å². The van der Waals surface area contributed by atoms with Crippen LogP contribution in [-0.2, 0) is 47.6 Å². The van der Waals surface area contributed by atoms with Crippen molar-refractivity contribution in [3.05, 3.63) is 0 Å². The van der Waals surface area contributed by atoms with Crippen LogP contribution in [0.4, 0.5) is 0 Å². The van der Waals surface area contributed by atoms with Gasteiger partial charge in [0.1, 0.15) is 24.4 Å². The van der Waals surface area contributed by atoms with Crippen LogP contribution in [0.25, 0.3) is 0 Å². The summed E-state index contributed by atoms with van der Waals surface area (Å²) in [5.41, 5.74) is 0. The molecule has 2 aliphatic heterocycles. The van der Waals surface area contributed by atoms with Gasteiger partial charge >= 0.3 is 178 Å². The molecule has 11 nitrogen and oxygen atoms in total. The number of alkyl halides is 5. The van der Waals surface area contributed by atoms with Gasteiger partial charge in [0.15, 0.2) is 0 Å². The van der Waals surface area contributed by atoms with E-state index in [-0.39, 0.29) is 84.3 Å². The quantitative estimate of drug-likeness (QED) is 0.0552. The van der Waals surface area contributed by atoms with E-state index in [1.165, 1.54) is 104 Å². The minimum absolute atomic E-state index is 0. The topological polar surface area (TPSA) is 148 Å². The summed E-state index contributed by atoms with van der Waals surface area (Å²) in [7, 11) is 8.96. The van der Waals surface area contributed by atoms with Crippen LogP contribution in [0.5, 0.6) is 0 Å². The molecule has 2 saturated heterocycles. The fraction of sp³-hybridized carbons (Fsp3) is 0.930. The van der Waals surface area contributed by atoms with Crippen LogP contribution >= 0.6 is 95.2 Å². The van der Waals surface area contributed by atoms with Gasteiger partial charge in [0.2, 0.25) is 0 Å². The van der Waals surface area contributed by atoms with Crippen molar-refractivity contribution in [3.8, 4) is 0 Å². The second-order valence-electron chi connectivity index (χ2n) is 24.7. The van der Waals surface area contributed by atoms with Crippen molar-refractivity contribution in [1.82, 2.24) is 0 Å². The molecule has 1 N–H and O–H groups in total. The van der Waals surface area contributed by atoms with Crippen LogP contribution in [-0.4, -0.2) is 159 Å². The Bertz CT molecular complexity index is 1890. The van der Waals surface area contributed by atoms with E-state index in [4.69, 9.17) is 47.8 Å². The molecule has 2 heterocycles. The number of methoxy groups -OCH3 is 2. The second kappa shape index (κ2) is 35.1. The van der Waals surface area contributed by atoms with E-state index in [2.05, 4.69) is 122 Å². The summed E-state index contributed by atoms with van der Waals surface area (Å²) in [5, 5.41) is 0. The third kappa shape index (κ3) is 24.0. The predicted molar refractivity (Wildman–Crippen MR) is 346 cm³/mol. The van der Waals surface area contributed by atoms with Crippen LogP contribution in [0.3, 0.4) is 0 Å². The maximum absolute atomic E-state index is 11.3. The van der Waals surface area contributed by atoms with Gasteiger partial charge in [-0.15, -0.1) is 0 Å². The first kappa shape index (κ1) is 66.7. The molecule has 10 saturated carbocycles. The Kier molecular flexibility index (Phi) is 30.0. The average Bonchev–Trinajstić information content (AvgIpc) is 1.66. The average molecular weight is 1720 g/mol. The van der Waals surface area contributed by atoms with Gasteiger partial charge in [-0.2, -0.15) is 0 Å². The van der Waals surface area contributed by atoms with E-state index in [1.807, 2.05) is 0 Å². The predicted octanol–water partition coefficient (Wildman–Crippen LogP) is 15.4. The third-order valence-electron chi connectivity index (χ3n) is 16.1. The zero-order valence-electron chi connectivity index (χ0n) is 53.6. The van der Waals surface area contributed by atoms with E-state index in [0.717, 1.165) is 0 Å². The van der Waals surface area contributed by atoms with Gasteiger partial charge in [0.05, 0.1) is 30.0 Å². The summed E-state index contributed by atoms with van der Waals surface area (Å²) in [6, 6.07) is 0. The summed E-state index contributed by atoms with van der Waals surface area (Å²) < 4.78 is 84.0. The fourth-order valence-corrected chi connectivity index (χ4v) is 33.6. The Morgan fingerprint density at radius 2 is 1.04 bits per heavy atom. The number of fused-ring (bicyclic) bond motifs is 2. The summed E-state index contributed by atoms with van der Waals surface area (Å²) in [4.78, 5) is 51.0. The zero-order chi connectivity index (χ0) is 62.1. The number of carbonyl (C=O) groups is 4. The molecule has 8 bridgehead atoms. The van der Waals surface area contributed by atoms with Crippen LogP contribution < -0.4 is 0 Å². The Labute approximate surface area is 550 Å². The summed E-state index contributed by atoms with van der Waals surface area (Å²) in [5.74, 6) is -3.05. The molecule has 10 aliphatic carbocycles. The van der Waals surface area contributed by atoms with E-state index in [9.17, 15) is 19.2 Å². The number of ether oxygens (including phenoxy) is 6. The van der Waals surface area contributed by atoms with E-state index in [0.29, 0.717) is 88.3 Å². The molecule has 21 heteroatoms. The Balaban J connectivity index is 0.000000264. The van der Waals surface area contributed by atoms with Crippen molar-refractivity contribution in [2.45, 2.75) is 243 Å². The minimum atomic E-state index is -2.31. The van der Waals surface area contributed by atoms with Crippen molar-refractivity contribution in [3.63, 3.8) is 0 Å². The number of nitrogens with one attached hydrogen (secondary N) is 1. The summed E-state index contributed by atoms with van der Waals surface area (Å²) in [6.45, 7) is 10.5. The van der Waals surface area contributed by atoms with Crippen molar-refractivity contribution < 1.29 is 53.1 Å². The first-order chi connectivity index (χ1) is 37.8. The molecule has 0 aromatic heterocycles. The third-order valence-corrected chi connectivity index (χ3v) is 30.0. The van der Waals surface area contributed by atoms with Gasteiger partial charge in [-0.05, 0) is 101 Å². The van der Waals surface area contributed by atoms with Gasteiger partial charge in [-0.3, -0.25) is 19.2 Å². The van der Waals surface area contributed by atoms with Crippen LogP contribution in [0.2, 0.25) is 28.1 Å². The first-order valence-electron chi connectivity index (χ1n) is 30.9. The molecule has 9 atom stereocenters. The number of unbranched alkanes of at least 4 members (excludes halogenated alkanes) is 3. The number of rotatable bonds is 15. The number of hydrogen-bond acceptors (Lipinski definition) is 11. The SMILES string of the molecule is BrC12CC3(Br)CC(Br)(C1)CC(Br)(C2)C3.COC[C@H]1[C@H](OC(C)=O)C(I)C2OC(=O)C[C@@H]21.COC[C@H]1[C@H](OC(C)=O)CC2OC(=O)C[C@@H]21.[2H]C12CC3([2H])CC([2H])(C1)CC([2H])(C2)C3.[2H][Sn]([CH2]CCC)([CH2]CCC)[CH2]CCC.[B].[CH3][Sn]([CH3])([CH3])[Cl].[NH]=[Al]. The molecule has 0 aromatic rings. The molecule has 446 valence electrons. The van der Waals surface area contributed by atoms with E-state index < -0.39 is 60.4 Å². The van der Waals surface area contributed by atoms with Crippen LogP contribution in [0.15, 0.2) is 0 Å². The van der Waals surface area contributed by atoms with Gasteiger partial charge in [-0.25, -0.2) is 0 Å². The monoisotopic (exact) mass is 1720 g/mol. The van der Waals surface area contributed by atoms with Crippen molar-refractivity contribution in [2.75, 3.05) is 27.4 Å². The number of hydrogen-bond donors (Lipinski definition) is 1. The summed E-state index contributed by atoms with van der Waals surface area (Å²) >= 11 is 15.7. The van der Waals surface area contributed by atoms with E-state index in [1.54, 1.807) is 30.3 Å². The van der Waals surface area contributed by atoms with Crippen molar-refractivity contribution >= 4 is 180 Å². The molecule has 0 spiro atoms. The fourth-order valence-electron chi connectivity index (χ4n) is 14.1. The standard InChI is InChI=1S/C11H15IO5.C11H16O5.C10H12Br4.C10H16.3C4H9.3CH3.Al.B.ClH.HN.2Sn.H/c1-5(13)16-11-7(4-15-2)6-3-8(14)17-10(6)9(11)12;1-6(12)15-10-4-9-7(3-11(13)16-9)8(10)5-14-2;11-7-1-8(12)4-9(13,2-7)6-10(14,3-7)5-8;1-7-2-9-4-8(1)5-10(3-7)6-9;3*1-3-4-2;;;;;;;;;;/h6-7,9-11H,3-4H2,1-2H3;7-10H,3-5H2,1-2H3;1-6H2;7-10H,1-6H2;3*1,3-4H2,2H3;3*1H3;;;2*1H;;;/q;;;;;;;;;;;;;;;+1;/p-1/t6-,7-,9?,10?,11+;7-,8-,9?,10-;;;;;;;;;;;;;;;/m11.............../s1/i;;;7D,8D,9D,10D;;;;;;;;;;;;;1+1. The normalized spacial score (nSPS) is 43.0. The molecule has 12 aliphatic rings. The number of esters is 4. The second-order valence-corrected chi connectivity index (χ2v) is 60.8. The molecular weight excluding hydrogens is 1620 g/mol. The molecule has 12 rings (SSSR count). The Morgan fingerprint density at radius 3 is 1.38 bits per heavy atom. The maximum atomic E-state index is 11.3. The molecule has 0 amide bonds. The van der Waals surface area contributed by atoms with Gasteiger partial charge in [-0.1, -0.05) is 86.3 Å². The van der Waals surface area contributed by atoms with E-state index >= 15 is 0 Å². The molecular formula is C57H97AlBBr4ClINO10Sn2. The molecule has 4 radical (unpaired) electrons. The molecule has 0 aromatic carbocycles. The zero-order valence-corrected chi connectivity index (χ0v) is 64.7. The molecule has 3 unspecified atom stereocenters. The molecule has 78 heavy (non-hydrogen) atoms. The van der Waals surface area contributed by atoms with Gasteiger partial charge < -0.3 is 28.4 Å². The Morgan fingerprint density at radius 1 is 0.692 bits per heavy atom.